The van der Waals surface area contributed by atoms with Gasteiger partial charge in [0, 0.05) is 57.0 Å². The predicted octanol–water partition coefficient (Wildman–Crippen LogP) is 2.95. The number of hydrogen-bond donors (Lipinski definition) is 1. The second kappa shape index (κ2) is 13.0. The summed E-state index contributed by atoms with van der Waals surface area (Å²) in [4.78, 5) is 9.72. The first-order valence-electron chi connectivity index (χ1n) is 10.0. The molecule has 0 saturated carbocycles. The molecule has 0 amide bonds. The standard InChI is InChI=1S/C22H29FN4O2S.HI/c1-24-22(25-10-15-30(28)19-6-4-3-5-7-19)27-13-11-26(12-14-27)17-18-8-9-21(29-2)20(23)16-18;/h3-9,16H,10-15,17H2,1-2H3,(H,24,25);1H. The highest BCUT2D eigenvalue weighted by atomic mass is 127. The summed E-state index contributed by atoms with van der Waals surface area (Å²) in [6, 6.07) is 14.6. The Bertz CT molecular complexity index is 877. The monoisotopic (exact) mass is 560 g/mol. The quantitative estimate of drug-likeness (QED) is 0.321. The third kappa shape index (κ3) is 7.43. The summed E-state index contributed by atoms with van der Waals surface area (Å²) < 4.78 is 31.2. The minimum absolute atomic E-state index is 0. The Morgan fingerprint density at radius 1 is 1.16 bits per heavy atom. The molecule has 31 heavy (non-hydrogen) atoms. The zero-order valence-corrected chi connectivity index (χ0v) is 21.1. The maximum atomic E-state index is 13.9. The van der Waals surface area contributed by atoms with Crippen LogP contribution in [0, 0.1) is 5.82 Å². The van der Waals surface area contributed by atoms with Gasteiger partial charge in [0.1, 0.15) is 0 Å². The van der Waals surface area contributed by atoms with E-state index in [0.717, 1.165) is 42.6 Å². The first kappa shape index (κ1) is 25.5. The van der Waals surface area contributed by atoms with Gasteiger partial charge in [-0.15, -0.1) is 24.0 Å². The van der Waals surface area contributed by atoms with Crippen molar-refractivity contribution in [2.45, 2.75) is 11.4 Å². The minimum atomic E-state index is -1.02. The van der Waals surface area contributed by atoms with Crippen molar-refractivity contribution in [1.29, 1.82) is 0 Å². The number of nitrogens with one attached hydrogen (secondary N) is 1. The highest BCUT2D eigenvalue weighted by molar-refractivity contribution is 14.0. The van der Waals surface area contributed by atoms with Crippen molar-refractivity contribution in [2.75, 3.05) is 52.6 Å². The van der Waals surface area contributed by atoms with Crippen LogP contribution in [0.3, 0.4) is 0 Å². The molecular formula is C22H30FIN4O2S. The Hall–Kier alpha value is -1.72. The molecular weight excluding hydrogens is 530 g/mol. The molecule has 1 aliphatic heterocycles. The van der Waals surface area contributed by atoms with E-state index in [1.807, 2.05) is 36.4 Å². The molecule has 0 aliphatic carbocycles. The molecule has 2 aromatic rings. The maximum Gasteiger partial charge on any atom is 0.193 e. The van der Waals surface area contributed by atoms with E-state index in [0.29, 0.717) is 18.8 Å². The van der Waals surface area contributed by atoms with Gasteiger partial charge in [-0.25, -0.2) is 4.39 Å². The van der Waals surface area contributed by atoms with Crippen molar-refractivity contribution >= 4 is 40.7 Å². The molecule has 1 fully saturated rings. The molecule has 1 saturated heterocycles. The molecule has 0 radical (unpaired) electrons. The van der Waals surface area contributed by atoms with Gasteiger partial charge in [-0.1, -0.05) is 24.3 Å². The number of methoxy groups -OCH3 is 1. The van der Waals surface area contributed by atoms with Crippen molar-refractivity contribution in [2.24, 2.45) is 4.99 Å². The van der Waals surface area contributed by atoms with E-state index in [4.69, 9.17) is 4.74 Å². The van der Waals surface area contributed by atoms with Gasteiger partial charge in [0.2, 0.25) is 0 Å². The molecule has 0 aromatic heterocycles. The third-order valence-electron chi connectivity index (χ3n) is 5.08. The van der Waals surface area contributed by atoms with Crippen molar-refractivity contribution in [3.05, 3.63) is 59.9 Å². The van der Waals surface area contributed by atoms with Crippen LogP contribution < -0.4 is 10.1 Å². The average Bonchev–Trinajstić information content (AvgIpc) is 2.78. The van der Waals surface area contributed by atoms with Crippen LogP contribution in [0.15, 0.2) is 58.4 Å². The lowest BCUT2D eigenvalue weighted by Gasteiger charge is -2.36. The predicted molar refractivity (Wildman–Crippen MR) is 134 cm³/mol. The van der Waals surface area contributed by atoms with E-state index in [1.54, 1.807) is 19.2 Å². The van der Waals surface area contributed by atoms with E-state index in [-0.39, 0.29) is 35.5 Å². The van der Waals surface area contributed by atoms with E-state index < -0.39 is 10.8 Å². The van der Waals surface area contributed by atoms with Crippen molar-refractivity contribution in [3.8, 4) is 5.75 Å². The summed E-state index contributed by atoms with van der Waals surface area (Å²) >= 11 is 0. The summed E-state index contributed by atoms with van der Waals surface area (Å²) in [6.45, 7) is 4.70. The highest BCUT2D eigenvalue weighted by Gasteiger charge is 2.20. The number of aliphatic imine (C=N–C) groups is 1. The van der Waals surface area contributed by atoms with Crippen LogP contribution in [0.1, 0.15) is 5.56 Å². The van der Waals surface area contributed by atoms with Crippen LogP contribution in [0.25, 0.3) is 0 Å². The Balaban J connectivity index is 0.00000341. The fourth-order valence-corrected chi connectivity index (χ4v) is 4.45. The van der Waals surface area contributed by atoms with Crippen LogP contribution >= 0.6 is 24.0 Å². The topological polar surface area (TPSA) is 57.2 Å². The second-order valence-electron chi connectivity index (χ2n) is 7.07. The Morgan fingerprint density at radius 2 is 1.87 bits per heavy atom. The van der Waals surface area contributed by atoms with Crippen LogP contribution in [0.2, 0.25) is 0 Å². The summed E-state index contributed by atoms with van der Waals surface area (Å²) in [5.41, 5.74) is 0.938. The molecule has 2 aromatic carbocycles. The lowest BCUT2D eigenvalue weighted by atomic mass is 10.2. The largest absolute Gasteiger partial charge is 0.494 e. The molecule has 0 bridgehead atoms. The van der Waals surface area contributed by atoms with Crippen LogP contribution in [0.4, 0.5) is 4.39 Å². The van der Waals surface area contributed by atoms with Gasteiger partial charge in [-0.2, -0.15) is 0 Å². The van der Waals surface area contributed by atoms with E-state index in [2.05, 4.69) is 20.1 Å². The maximum absolute atomic E-state index is 13.9. The van der Waals surface area contributed by atoms with Gasteiger partial charge in [-0.05, 0) is 29.8 Å². The van der Waals surface area contributed by atoms with Gasteiger partial charge < -0.3 is 15.0 Å². The lowest BCUT2D eigenvalue weighted by molar-refractivity contribution is 0.172. The van der Waals surface area contributed by atoms with E-state index in [9.17, 15) is 8.60 Å². The molecule has 1 heterocycles. The summed E-state index contributed by atoms with van der Waals surface area (Å²) in [6.07, 6.45) is 0. The molecule has 6 nitrogen and oxygen atoms in total. The second-order valence-corrected chi connectivity index (χ2v) is 8.64. The fraction of sp³-hybridized carbons (Fsp3) is 0.409. The summed E-state index contributed by atoms with van der Waals surface area (Å²) in [5, 5.41) is 3.33. The third-order valence-corrected chi connectivity index (χ3v) is 6.46. The average molecular weight is 560 g/mol. The van der Waals surface area contributed by atoms with Crippen LogP contribution in [-0.4, -0.2) is 72.6 Å². The van der Waals surface area contributed by atoms with Gasteiger partial charge in [0.05, 0.1) is 17.9 Å². The van der Waals surface area contributed by atoms with Crippen molar-refractivity contribution in [1.82, 2.24) is 15.1 Å². The molecule has 1 N–H and O–H groups in total. The van der Waals surface area contributed by atoms with E-state index >= 15 is 0 Å². The first-order chi connectivity index (χ1) is 14.6. The fourth-order valence-electron chi connectivity index (χ4n) is 3.46. The number of nitrogens with zero attached hydrogens (tertiary/aromatic N) is 3. The zero-order chi connectivity index (χ0) is 21.3. The smallest absolute Gasteiger partial charge is 0.193 e. The zero-order valence-electron chi connectivity index (χ0n) is 17.9. The minimum Gasteiger partial charge on any atom is -0.494 e. The molecule has 1 aliphatic rings. The van der Waals surface area contributed by atoms with Gasteiger partial charge in [0.15, 0.2) is 17.5 Å². The molecule has 1 atom stereocenters. The normalized spacial score (nSPS) is 15.8. The lowest BCUT2D eigenvalue weighted by Crippen LogP contribution is -2.52. The molecule has 9 heteroatoms. The SMILES string of the molecule is CN=C(NCCS(=O)c1ccccc1)N1CCN(Cc2ccc(OC)c(F)c2)CC1.I. The Morgan fingerprint density at radius 3 is 2.48 bits per heavy atom. The Labute approximate surface area is 203 Å². The molecule has 1 unspecified atom stereocenters. The van der Waals surface area contributed by atoms with Gasteiger partial charge in [0.25, 0.3) is 0 Å². The van der Waals surface area contributed by atoms with E-state index in [1.165, 1.54) is 7.11 Å². The molecule has 0 spiro atoms. The van der Waals surface area contributed by atoms with Gasteiger partial charge >= 0.3 is 0 Å². The number of piperazine rings is 1. The first-order valence-corrected chi connectivity index (χ1v) is 11.4. The van der Waals surface area contributed by atoms with Gasteiger partial charge in [-0.3, -0.25) is 14.1 Å². The van der Waals surface area contributed by atoms with Crippen LogP contribution in [-0.2, 0) is 17.3 Å². The number of hydrogen-bond acceptors (Lipinski definition) is 4. The number of halogens is 2. The van der Waals surface area contributed by atoms with Crippen molar-refractivity contribution in [3.63, 3.8) is 0 Å². The Kier molecular flexibility index (Phi) is 10.7. The number of ether oxygens (including phenoxy) is 1. The van der Waals surface area contributed by atoms with Crippen molar-refractivity contribution < 1.29 is 13.3 Å². The number of guanidine groups is 1. The highest BCUT2D eigenvalue weighted by Crippen LogP contribution is 2.19. The molecule has 170 valence electrons. The summed E-state index contributed by atoms with van der Waals surface area (Å²) in [7, 11) is 2.21. The number of benzene rings is 2. The molecule has 3 rings (SSSR count). The number of rotatable bonds is 7. The summed E-state index contributed by atoms with van der Waals surface area (Å²) in [5.74, 6) is 1.31. The van der Waals surface area contributed by atoms with Crippen LogP contribution in [0.5, 0.6) is 5.75 Å².